The van der Waals surface area contributed by atoms with Gasteiger partial charge in [0.25, 0.3) is 0 Å². The van der Waals surface area contributed by atoms with Gasteiger partial charge in [-0.25, -0.2) is 5.84 Å². The summed E-state index contributed by atoms with van der Waals surface area (Å²) in [5.74, 6) is 4.84. The quantitative estimate of drug-likeness (QED) is 0.236. The van der Waals surface area contributed by atoms with E-state index in [0.717, 1.165) is 16.1 Å². The van der Waals surface area contributed by atoms with Crippen LogP contribution in [-0.4, -0.2) is 11.2 Å². The van der Waals surface area contributed by atoms with Crippen molar-refractivity contribution in [3.8, 4) is 0 Å². The first-order valence-electron chi connectivity index (χ1n) is 4.58. The summed E-state index contributed by atoms with van der Waals surface area (Å²) < 4.78 is 0. The molecule has 0 aliphatic rings. The third-order valence-electron chi connectivity index (χ3n) is 2.10. The van der Waals surface area contributed by atoms with E-state index in [2.05, 4.69) is 5.43 Å². The summed E-state index contributed by atoms with van der Waals surface area (Å²) in [6.07, 6.45) is 0. The fourth-order valence-corrected chi connectivity index (χ4v) is 2.12. The number of nitrogen functional groups attached to an aromatic ring is 1. The normalized spacial score (nSPS) is 12.2. The highest BCUT2D eigenvalue weighted by Gasteiger charge is 2.14. The number of amides is 1. The molecule has 0 fully saturated rings. The van der Waals surface area contributed by atoms with Gasteiger partial charge >= 0.3 is 0 Å². The number of carbonyl (C=O) groups is 1. The van der Waals surface area contributed by atoms with Gasteiger partial charge in [-0.05, 0) is 25.5 Å². The molecule has 5 N–H and O–H groups in total. The number of anilines is 1. The predicted molar refractivity (Wildman–Crippen MR) is 63.2 cm³/mol. The number of rotatable bonds is 3. The van der Waals surface area contributed by atoms with E-state index in [1.807, 2.05) is 25.1 Å². The Labute approximate surface area is 93.4 Å². The molecule has 5 heteroatoms. The second-order valence-corrected chi connectivity index (χ2v) is 4.64. The van der Waals surface area contributed by atoms with Crippen LogP contribution in [0, 0.1) is 6.92 Å². The summed E-state index contributed by atoms with van der Waals surface area (Å²) in [6, 6.07) is 5.75. The van der Waals surface area contributed by atoms with Crippen LogP contribution in [0.15, 0.2) is 23.1 Å². The van der Waals surface area contributed by atoms with Gasteiger partial charge in [-0.15, -0.1) is 11.8 Å². The van der Waals surface area contributed by atoms with Crippen molar-refractivity contribution < 1.29 is 4.79 Å². The van der Waals surface area contributed by atoms with Crippen LogP contribution in [-0.2, 0) is 4.79 Å². The van der Waals surface area contributed by atoms with Crippen molar-refractivity contribution in [2.45, 2.75) is 24.0 Å². The van der Waals surface area contributed by atoms with Crippen molar-refractivity contribution in [3.63, 3.8) is 0 Å². The van der Waals surface area contributed by atoms with Crippen LogP contribution in [0.5, 0.6) is 0 Å². The van der Waals surface area contributed by atoms with E-state index in [1.54, 1.807) is 6.92 Å². The molecular formula is C10H15N3OS. The highest BCUT2D eigenvalue weighted by atomic mass is 32.2. The molecule has 0 aliphatic heterocycles. The first-order valence-corrected chi connectivity index (χ1v) is 5.46. The third-order valence-corrected chi connectivity index (χ3v) is 3.28. The number of hydrogen-bond donors (Lipinski definition) is 3. The van der Waals surface area contributed by atoms with E-state index in [-0.39, 0.29) is 11.2 Å². The molecule has 0 bridgehead atoms. The van der Waals surface area contributed by atoms with Crippen LogP contribution < -0.4 is 17.0 Å². The molecule has 1 unspecified atom stereocenters. The summed E-state index contributed by atoms with van der Waals surface area (Å²) in [6.45, 7) is 3.72. The fourth-order valence-electron chi connectivity index (χ4n) is 1.12. The van der Waals surface area contributed by atoms with Crippen molar-refractivity contribution in [3.05, 3.63) is 23.8 Å². The highest BCUT2D eigenvalue weighted by molar-refractivity contribution is 8.00. The molecule has 15 heavy (non-hydrogen) atoms. The SMILES string of the molecule is Cc1cccc(SC(C)C(=O)NN)c1N. The van der Waals surface area contributed by atoms with Crippen LogP contribution in [0.2, 0.25) is 0 Å². The molecule has 0 heterocycles. The smallest absolute Gasteiger partial charge is 0.247 e. The molecule has 1 aromatic carbocycles. The maximum absolute atomic E-state index is 11.2. The van der Waals surface area contributed by atoms with Gasteiger partial charge in [0.05, 0.1) is 5.25 Å². The van der Waals surface area contributed by atoms with Gasteiger partial charge < -0.3 is 5.73 Å². The minimum absolute atomic E-state index is 0.207. The summed E-state index contributed by atoms with van der Waals surface area (Å²) in [4.78, 5) is 12.1. The summed E-state index contributed by atoms with van der Waals surface area (Å²) in [5, 5.41) is -0.251. The van der Waals surface area contributed by atoms with Gasteiger partial charge in [-0.2, -0.15) is 0 Å². The molecular weight excluding hydrogens is 210 g/mol. The molecule has 1 aromatic rings. The lowest BCUT2D eigenvalue weighted by Crippen LogP contribution is -2.36. The van der Waals surface area contributed by atoms with Crippen molar-refractivity contribution in [1.82, 2.24) is 5.43 Å². The molecule has 0 aliphatic carbocycles. The maximum atomic E-state index is 11.2. The van der Waals surface area contributed by atoms with Gasteiger partial charge in [0.15, 0.2) is 0 Å². The predicted octanol–water partition coefficient (Wildman–Crippen LogP) is 1.05. The third kappa shape index (κ3) is 2.87. The van der Waals surface area contributed by atoms with Gasteiger partial charge in [-0.1, -0.05) is 12.1 Å². The molecule has 0 radical (unpaired) electrons. The van der Waals surface area contributed by atoms with E-state index in [9.17, 15) is 4.79 Å². The summed E-state index contributed by atoms with van der Waals surface area (Å²) in [7, 11) is 0. The van der Waals surface area contributed by atoms with Crippen LogP contribution >= 0.6 is 11.8 Å². The average Bonchev–Trinajstić information content (AvgIpc) is 2.23. The van der Waals surface area contributed by atoms with Gasteiger partial charge in [0.2, 0.25) is 5.91 Å². The fraction of sp³-hybridized carbons (Fsp3) is 0.300. The summed E-state index contributed by atoms with van der Waals surface area (Å²) in [5.41, 5.74) is 9.74. The number of thioether (sulfide) groups is 1. The number of nitrogens with two attached hydrogens (primary N) is 2. The number of aryl methyl sites for hydroxylation is 1. The van der Waals surface area contributed by atoms with E-state index in [1.165, 1.54) is 11.8 Å². The zero-order valence-electron chi connectivity index (χ0n) is 8.78. The summed E-state index contributed by atoms with van der Waals surface area (Å²) >= 11 is 1.40. The number of hydrogen-bond acceptors (Lipinski definition) is 4. The first-order chi connectivity index (χ1) is 7.06. The van der Waals surface area contributed by atoms with Crippen LogP contribution in [0.25, 0.3) is 0 Å². The molecule has 1 amide bonds. The minimum Gasteiger partial charge on any atom is -0.398 e. The lowest BCUT2D eigenvalue weighted by atomic mass is 10.2. The van der Waals surface area contributed by atoms with E-state index >= 15 is 0 Å². The van der Waals surface area contributed by atoms with Crippen molar-refractivity contribution in [2.24, 2.45) is 5.84 Å². The Kier molecular flexibility index (Phi) is 3.99. The Balaban J connectivity index is 2.81. The van der Waals surface area contributed by atoms with Gasteiger partial charge in [-0.3, -0.25) is 10.2 Å². The van der Waals surface area contributed by atoms with E-state index < -0.39 is 0 Å². The van der Waals surface area contributed by atoms with Gasteiger partial charge in [0, 0.05) is 10.6 Å². The van der Waals surface area contributed by atoms with Crippen LogP contribution in [0.4, 0.5) is 5.69 Å². The topological polar surface area (TPSA) is 81.1 Å². The molecule has 4 nitrogen and oxygen atoms in total. The molecule has 0 saturated carbocycles. The second-order valence-electron chi connectivity index (χ2n) is 3.26. The number of benzene rings is 1. The van der Waals surface area contributed by atoms with E-state index in [0.29, 0.717) is 0 Å². The zero-order valence-corrected chi connectivity index (χ0v) is 9.60. The highest BCUT2D eigenvalue weighted by Crippen LogP contribution is 2.30. The maximum Gasteiger partial charge on any atom is 0.247 e. The molecule has 0 spiro atoms. The van der Waals surface area contributed by atoms with Crippen molar-refractivity contribution in [2.75, 3.05) is 5.73 Å². The standard InChI is InChI=1S/C10H15N3OS/c1-6-4-3-5-8(9(6)11)15-7(2)10(14)13-12/h3-5,7H,11-12H2,1-2H3,(H,13,14). The molecule has 82 valence electrons. The monoisotopic (exact) mass is 225 g/mol. The molecule has 0 aromatic heterocycles. The minimum atomic E-state index is -0.251. The molecule has 0 saturated heterocycles. The van der Waals surface area contributed by atoms with Crippen molar-refractivity contribution in [1.29, 1.82) is 0 Å². The largest absolute Gasteiger partial charge is 0.398 e. The van der Waals surface area contributed by atoms with Gasteiger partial charge in [0.1, 0.15) is 0 Å². The Morgan fingerprint density at radius 2 is 2.20 bits per heavy atom. The number of carbonyl (C=O) groups excluding carboxylic acids is 1. The lowest BCUT2D eigenvalue weighted by molar-refractivity contribution is -0.120. The van der Waals surface area contributed by atoms with Crippen LogP contribution in [0.3, 0.4) is 0 Å². The molecule has 1 atom stereocenters. The Morgan fingerprint density at radius 3 is 2.80 bits per heavy atom. The first kappa shape index (κ1) is 11.9. The molecule has 1 rings (SSSR count). The van der Waals surface area contributed by atoms with E-state index in [4.69, 9.17) is 11.6 Å². The zero-order chi connectivity index (χ0) is 11.4. The number of nitrogens with one attached hydrogen (secondary N) is 1. The Bertz CT molecular complexity index is 368. The second kappa shape index (κ2) is 5.04. The Morgan fingerprint density at radius 1 is 1.53 bits per heavy atom. The van der Waals surface area contributed by atoms with Crippen LogP contribution in [0.1, 0.15) is 12.5 Å². The lowest BCUT2D eigenvalue weighted by Gasteiger charge is -2.12. The average molecular weight is 225 g/mol. The Hall–Kier alpha value is -1.20. The number of hydrazine groups is 1. The van der Waals surface area contributed by atoms with Crippen molar-refractivity contribution >= 4 is 23.4 Å². The number of para-hydroxylation sites is 1.